The topological polar surface area (TPSA) is 106 Å². The van der Waals surface area contributed by atoms with Gasteiger partial charge in [0.25, 0.3) is 12.3 Å². The molecule has 2 N–H and O–H groups in total. The number of sulfonamides is 1. The summed E-state index contributed by atoms with van der Waals surface area (Å²) in [7, 11) is -2.47. The van der Waals surface area contributed by atoms with Crippen molar-refractivity contribution in [2.75, 3.05) is 7.05 Å². The van der Waals surface area contributed by atoms with E-state index in [2.05, 4.69) is 20.1 Å². The summed E-state index contributed by atoms with van der Waals surface area (Å²) in [6.07, 6.45) is -1.84. The van der Waals surface area contributed by atoms with Crippen LogP contribution in [-0.2, 0) is 33.7 Å². The predicted octanol–water partition coefficient (Wildman–Crippen LogP) is 5.38. The molecule has 0 saturated heterocycles. The molecule has 0 bridgehead atoms. The molecule has 1 saturated carbocycles. The van der Waals surface area contributed by atoms with Crippen LogP contribution in [0.4, 0.5) is 26.3 Å². The molecule has 2 aromatic carbocycles. The molecule has 236 valence electrons. The van der Waals surface area contributed by atoms with E-state index in [1.54, 1.807) is 12.1 Å². The van der Waals surface area contributed by atoms with Gasteiger partial charge in [-0.1, -0.05) is 18.2 Å². The number of nitrogens with one attached hydrogen (secondary N) is 2. The first-order valence-electron chi connectivity index (χ1n) is 13.8. The Bertz CT molecular complexity index is 1880. The van der Waals surface area contributed by atoms with Gasteiger partial charge in [-0.05, 0) is 67.3 Å². The Morgan fingerprint density at radius 2 is 1.76 bits per heavy atom. The fraction of sp³-hybridized carbons (Fsp3) is 0.300. The molecule has 0 spiro atoms. The van der Waals surface area contributed by atoms with Crippen molar-refractivity contribution in [3.05, 3.63) is 101 Å². The molecule has 0 aliphatic heterocycles. The summed E-state index contributed by atoms with van der Waals surface area (Å²) in [5.41, 5.74) is -0.419. The molecule has 4 aromatic rings. The second kappa shape index (κ2) is 11.3. The van der Waals surface area contributed by atoms with Gasteiger partial charge in [0.2, 0.25) is 15.9 Å². The highest BCUT2D eigenvalue weighted by Gasteiger charge is 2.67. The standard InChI is InChI=1S/C30H25F6N5O3S/c1-37-45(43,44)19-6-4-16(5-7-19)20-3-2-8-38-26(20)23(11-15-9-17(31)12-18(32)10-15)39-24(42)14-41-28-25(27(40-41)29(33)34)21-13-22(21)30(28,35)36/h2-10,12,21-23,29,37H,11,13-14H2,1H3,(H,39,42)/t21?,22?,23-/m0/s1. The number of rotatable bonds is 10. The van der Waals surface area contributed by atoms with E-state index in [1.165, 1.54) is 37.5 Å². The van der Waals surface area contributed by atoms with E-state index in [0.29, 0.717) is 21.9 Å². The summed E-state index contributed by atoms with van der Waals surface area (Å²) in [5, 5.41) is 6.35. The lowest BCUT2D eigenvalue weighted by molar-refractivity contribution is -0.123. The van der Waals surface area contributed by atoms with Crippen molar-refractivity contribution in [2.24, 2.45) is 5.92 Å². The minimum atomic E-state index is -3.74. The molecule has 6 rings (SSSR count). The summed E-state index contributed by atoms with van der Waals surface area (Å²) >= 11 is 0. The van der Waals surface area contributed by atoms with Crippen molar-refractivity contribution in [2.45, 2.75) is 48.6 Å². The Hall–Kier alpha value is -4.24. The minimum absolute atomic E-state index is 0.0105. The summed E-state index contributed by atoms with van der Waals surface area (Å²) in [6, 6.07) is 10.7. The molecule has 2 aromatic heterocycles. The number of hydrogen-bond acceptors (Lipinski definition) is 5. The molecule has 2 aliphatic carbocycles. The lowest BCUT2D eigenvalue weighted by atomic mass is 9.95. The van der Waals surface area contributed by atoms with Gasteiger partial charge in [-0.2, -0.15) is 13.9 Å². The molecule has 2 aliphatic rings. The van der Waals surface area contributed by atoms with Crippen molar-refractivity contribution in [1.82, 2.24) is 24.8 Å². The molecule has 2 heterocycles. The quantitative estimate of drug-likeness (QED) is 0.225. The van der Waals surface area contributed by atoms with Gasteiger partial charge >= 0.3 is 0 Å². The number of carbonyl (C=O) groups excluding carboxylic acids is 1. The highest BCUT2D eigenvalue weighted by atomic mass is 32.2. The maximum Gasteiger partial charge on any atom is 0.293 e. The van der Waals surface area contributed by atoms with Gasteiger partial charge in [0.15, 0.2) is 0 Å². The largest absolute Gasteiger partial charge is 0.346 e. The summed E-state index contributed by atoms with van der Waals surface area (Å²) in [4.78, 5) is 17.8. The molecule has 3 atom stereocenters. The van der Waals surface area contributed by atoms with Gasteiger partial charge < -0.3 is 5.32 Å². The van der Waals surface area contributed by atoms with Crippen LogP contribution in [0.3, 0.4) is 0 Å². The number of nitrogens with zero attached hydrogens (tertiary/aromatic N) is 3. The summed E-state index contributed by atoms with van der Waals surface area (Å²) in [6.45, 7) is -0.823. The highest BCUT2D eigenvalue weighted by molar-refractivity contribution is 7.89. The number of benzene rings is 2. The van der Waals surface area contributed by atoms with E-state index in [0.717, 1.165) is 12.1 Å². The smallest absolute Gasteiger partial charge is 0.293 e. The molecular weight excluding hydrogens is 624 g/mol. The molecule has 45 heavy (non-hydrogen) atoms. The Balaban J connectivity index is 1.35. The number of hydrogen-bond donors (Lipinski definition) is 2. The molecule has 1 amide bonds. The first-order chi connectivity index (χ1) is 21.3. The van der Waals surface area contributed by atoms with Crippen LogP contribution in [0.2, 0.25) is 0 Å². The van der Waals surface area contributed by atoms with Crippen LogP contribution in [-0.4, -0.2) is 36.1 Å². The Morgan fingerprint density at radius 1 is 1.07 bits per heavy atom. The van der Waals surface area contributed by atoms with Gasteiger partial charge in [-0.3, -0.25) is 14.5 Å². The number of aromatic nitrogens is 3. The molecule has 1 fully saturated rings. The van der Waals surface area contributed by atoms with Crippen molar-refractivity contribution in [3.63, 3.8) is 0 Å². The summed E-state index contributed by atoms with van der Waals surface area (Å²) < 4.78 is 113. The lowest BCUT2D eigenvalue weighted by Gasteiger charge is -2.22. The third-order valence-electron chi connectivity index (χ3n) is 8.07. The van der Waals surface area contributed by atoms with Crippen LogP contribution in [0.15, 0.2) is 65.7 Å². The van der Waals surface area contributed by atoms with Crippen LogP contribution in [0.1, 0.15) is 53.0 Å². The maximum absolute atomic E-state index is 15.1. The maximum atomic E-state index is 15.1. The fourth-order valence-corrected chi connectivity index (χ4v) is 6.73. The molecule has 0 radical (unpaired) electrons. The van der Waals surface area contributed by atoms with Gasteiger partial charge in [0, 0.05) is 29.3 Å². The van der Waals surface area contributed by atoms with Gasteiger partial charge in [-0.15, -0.1) is 0 Å². The zero-order chi connectivity index (χ0) is 32.3. The van der Waals surface area contributed by atoms with E-state index >= 15 is 8.78 Å². The van der Waals surface area contributed by atoms with E-state index in [4.69, 9.17) is 0 Å². The lowest BCUT2D eigenvalue weighted by Crippen LogP contribution is -2.35. The zero-order valence-corrected chi connectivity index (χ0v) is 24.3. The van der Waals surface area contributed by atoms with E-state index in [9.17, 15) is 30.8 Å². The van der Waals surface area contributed by atoms with Crippen LogP contribution in [0, 0.1) is 17.6 Å². The molecular formula is C30H25F6N5O3S. The van der Waals surface area contributed by atoms with Gasteiger partial charge in [-0.25, -0.2) is 30.7 Å². The zero-order valence-electron chi connectivity index (χ0n) is 23.4. The molecule has 8 nitrogen and oxygen atoms in total. The van der Waals surface area contributed by atoms with Crippen molar-refractivity contribution in [1.29, 1.82) is 0 Å². The van der Waals surface area contributed by atoms with Crippen LogP contribution in [0.25, 0.3) is 11.1 Å². The number of fused-ring (bicyclic) bond motifs is 3. The first kappa shape index (κ1) is 30.8. The van der Waals surface area contributed by atoms with Crippen molar-refractivity contribution >= 4 is 15.9 Å². The number of amides is 1. The number of pyridine rings is 1. The average Bonchev–Trinajstić information content (AvgIpc) is 3.65. The van der Waals surface area contributed by atoms with Gasteiger partial charge in [0.05, 0.1) is 16.6 Å². The van der Waals surface area contributed by atoms with Crippen molar-refractivity contribution < 1.29 is 39.6 Å². The van der Waals surface area contributed by atoms with Crippen LogP contribution < -0.4 is 10.0 Å². The number of alkyl halides is 4. The second-order valence-electron chi connectivity index (χ2n) is 10.9. The Morgan fingerprint density at radius 3 is 2.40 bits per heavy atom. The SMILES string of the molecule is CNS(=O)(=O)c1ccc(-c2cccnc2[C@H](Cc2cc(F)cc(F)c2)NC(=O)Cn2nc(C(F)F)c3c2C(F)(F)C2CC32)cc1. The first-order valence-corrected chi connectivity index (χ1v) is 15.3. The second-order valence-corrected chi connectivity index (χ2v) is 12.8. The Labute approximate surface area is 253 Å². The van der Waals surface area contributed by atoms with Crippen molar-refractivity contribution in [3.8, 4) is 11.1 Å². The summed E-state index contributed by atoms with van der Waals surface area (Å²) in [5.74, 6) is -7.91. The normalized spacial score (nSPS) is 18.8. The predicted molar refractivity (Wildman–Crippen MR) is 149 cm³/mol. The Kier molecular flexibility index (Phi) is 7.72. The van der Waals surface area contributed by atoms with E-state index < -0.39 is 75.7 Å². The van der Waals surface area contributed by atoms with E-state index in [1.807, 2.05) is 0 Å². The fourth-order valence-electron chi connectivity index (χ4n) is 6.00. The average molecular weight is 650 g/mol. The van der Waals surface area contributed by atoms with Crippen LogP contribution >= 0.6 is 0 Å². The number of carbonyl (C=O) groups is 1. The monoisotopic (exact) mass is 649 g/mol. The number of halogens is 6. The van der Waals surface area contributed by atoms with Gasteiger partial charge in [0.1, 0.15) is 29.6 Å². The minimum Gasteiger partial charge on any atom is -0.346 e. The third-order valence-corrected chi connectivity index (χ3v) is 9.50. The third kappa shape index (κ3) is 5.70. The highest BCUT2D eigenvalue weighted by Crippen LogP contribution is 2.68. The van der Waals surface area contributed by atoms with E-state index in [-0.39, 0.29) is 34.6 Å². The molecule has 2 unspecified atom stereocenters. The molecule has 15 heteroatoms. The van der Waals surface area contributed by atoms with Crippen LogP contribution in [0.5, 0.6) is 0 Å².